The third-order valence-corrected chi connectivity index (χ3v) is 5.88. The van der Waals surface area contributed by atoms with Crippen LogP contribution in [0.15, 0.2) is 49.0 Å². The van der Waals surface area contributed by atoms with Gasteiger partial charge in [0.25, 0.3) is 0 Å². The molecule has 12 heteroatoms. The highest BCUT2D eigenvalue weighted by molar-refractivity contribution is 5.89. The Kier molecular flexibility index (Phi) is 9.32. The maximum atomic E-state index is 12.4. The molecule has 3 rings (SSSR count). The minimum atomic E-state index is -1.65. The second-order valence-corrected chi connectivity index (χ2v) is 7.99. The van der Waals surface area contributed by atoms with Crippen LogP contribution in [0.1, 0.15) is 16.8 Å². The summed E-state index contributed by atoms with van der Waals surface area (Å²) in [6.45, 7) is 3.09. The lowest BCUT2D eigenvalue weighted by Gasteiger charge is -2.43. The highest BCUT2D eigenvalue weighted by atomic mass is 16.8. The summed E-state index contributed by atoms with van der Waals surface area (Å²) in [4.78, 5) is 28.5. The number of carbonyl (C=O) groups is 2. The smallest absolute Gasteiger partial charge is 0.339 e. The molecular formula is C23H29NO11. The van der Waals surface area contributed by atoms with E-state index in [0.29, 0.717) is 0 Å². The standard InChI is InChI=1S/C23H29NO11/c1-3-13-14(6-8-32-20(29)12-5-4-7-24-9-12)15(21(30)31-2)11-33-22(13)35-23-19(28)18(27)17(26)16(10-25)34-23/h3-5,7,9,11,13-14,16-19,22-23,25-28H,1,6,8,10H2,2H3/t13-,14+,16-,17-,18+,19-,22+,23+/m1/s1. The molecule has 2 aliphatic rings. The van der Waals surface area contributed by atoms with Gasteiger partial charge in [-0.15, -0.1) is 6.58 Å². The van der Waals surface area contributed by atoms with Crippen LogP contribution in [-0.2, 0) is 28.5 Å². The van der Waals surface area contributed by atoms with Crippen molar-refractivity contribution in [3.8, 4) is 0 Å². The van der Waals surface area contributed by atoms with E-state index in [1.165, 1.54) is 25.6 Å². The van der Waals surface area contributed by atoms with Gasteiger partial charge in [-0.05, 0) is 18.6 Å². The van der Waals surface area contributed by atoms with Gasteiger partial charge in [-0.3, -0.25) is 4.98 Å². The average molecular weight is 495 g/mol. The normalized spacial score (nSPS) is 32.7. The molecule has 1 fully saturated rings. The Labute approximate surface area is 201 Å². The lowest BCUT2D eigenvalue weighted by molar-refractivity contribution is -0.339. The molecule has 0 unspecified atom stereocenters. The topological polar surface area (TPSA) is 174 Å². The number of carbonyl (C=O) groups excluding carboxylic acids is 2. The Hall–Kier alpha value is -2.87. The lowest BCUT2D eigenvalue weighted by Crippen LogP contribution is -2.60. The van der Waals surface area contributed by atoms with Gasteiger partial charge in [0, 0.05) is 24.2 Å². The number of rotatable bonds is 9. The third-order valence-electron chi connectivity index (χ3n) is 5.88. The highest BCUT2D eigenvalue weighted by Gasteiger charge is 2.47. The summed E-state index contributed by atoms with van der Waals surface area (Å²) < 4.78 is 26.8. The van der Waals surface area contributed by atoms with Crippen LogP contribution in [0.2, 0.25) is 0 Å². The fourth-order valence-corrected chi connectivity index (χ4v) is 3.94. The number of ether oxygens (including phenoxy) is 5. The van der Waals surface area contributed by atoms with Crippen molar-refractivity contribution in [2.45, 2.75) is 43.4 Å². The Balaban J connectivity index is 1.73. The fourth-order valence-electron chi connectivity index (χ4n) is 3.94. The summed E-state index contributed by atoms with van der Waals surface area (Å²) >= 11 is 0. The molecule has 0 amide bonds. The SMILES string of the molecule is C=C[C@H]1[C@H](O[C@@H]2O[C@H](CO)[C@@H](O)[C@H](O)[C@H]2O)OC=C(C(=O)OC)[C@H]1CCOC(=O)c1cccnc1. The number of hydrogen-bond donors (Lipinski definition) is 4. The maximum Gasteiger partial charge on any atom is 0.339 e. The molecule has 0 spiro atoms. The molecule has 4 N–H and O–H groups in total. The molecule has 0 aromatic carbocycles. The third kappa shape index (κ3) is 6.04. The van der Waals surface area contributed by atoms with Gasteiger partial charge in [-0.25, -0.2) is 9.59 Å². The van der Waals surface area contributed by atoms with Crippen LogP contribution in [0, 0.1) is 11.8 Å². The second-order valence-electron chi connectivity index (χ2n) is 7.99. The molecule has 8 atom stereocenters. The summed E-state index contributed by atoms with van der Waals surface area (Å²) in [6.07, 6.45) is -2.93. The van der Waals surface area contributed by atoms with Crippen molar-refractivity contribution in [1.82, 2.24) is 4.98 Å². The molecule has 0 radical (unpaired) electrons. The first-order valence-electron chi connectivity index (χ1n) is 10.9. The molecule has 2 aliphatic heterocycles. The van der Waals surface area contributed by atoms with Gasteiger partial charge in [0.2, 0.25) is 6.29 Å². The van der Waals surface area contributed by atoms with Crippen molar-refractivity contribution in [3.63, 3.8) is 0 Å². The first-order valence-corrected chi connectivity index (χ1v) is 10.9. The van der Waals surface area contributed by atoms with Crippen LogP contribution in [0.4, 0.5) is 0 Å². The Morgan fingerprint density at radius 2 is 1.94 bits per heavy atom. The largest absolute Gasteiger partial charge is 0.471 e. The van der Waals surface area contributed by atoms with Crippen LogP contribution in [0.3, 0.4) is 0 Å². The van der Waals surface area contributed by atoms with E-state index in [1.54, 1.807) is 12.1 Å². The molecule has 192 valence electrons. The van der Waals surface area contributed by atoms with Crippen LogP contribution < -0.4 is 0 Å². The average Bonchev–Trinajstić information content (AvgIpc) is 2.88. The van der Waals surface area contributed by atoms with E-state index in [9.17, 15) is 30.0 Å². The van der Waals surface area contributed by atoms with Crippen molar-refractivity contribution in [3.05, 3.63) is 54.6 Å². The molecule has 1 aromatic heterocycles. The van der Waals surface area contributed by atoms with Crippen molar-refractivity contribution >= 4 is 11.9 Å². The summed E-state index contributed by atoms with van der Waals surface area (Å²) in [5.41, 5.74) is 0.427. The Morgan fingerprint density at radius 1 is 1.17 bits per heavy atom. The van der Waals surface area contributed by atoms with Gasteiger partial charge in [-0.2, -0.15) is 0 Å². The molecule has 0 bridgehead atoms. The predicted octanol–water partition coefficient (Wildman–Crippen LogP) is -0.723. The Bertz CT molecular complexity index is 906. The van der Waals surface area contributed by atoms with Gasteiger partial charge in [0.05, 0.1) is 37.7 Å². The molecule has 0 aliphatic carbocycles. The minimum absolute atomic E-state index is 0.0656. The van der Waals surface area contributed by atoms with Crippen molar-refractivity contribution in [1.29, 1.82) is 0 Å². The fraction of sp³-hybridized carbons (Fsp3) is 0.522. The summed E-state index contributed by atoms with van der Waals surface area (Å²) in [5, 5.41) is 39.7. The molecule has 0 saturated carbocycles. The first-order chi connectivity index (χ1) is 16.8. The predicted molar refractivity (Wildman–Crippen MR) is 116 cm³/mol. The minimum Gasteiger partial charge on any atom is -0.471 e. The van der Waals surface area contributed by atoms with Gasteiger partial charge >= 0.3 is 11.9 Å². The number of aliphatic hydroxyl groups is 4. The van der Waals surface area contributed by atoms with Crippen LogP contribution in [0.5, 0.6) is 0 Å². The van der Waals surface area contributed by atoms with Crippen molar-refractivity contribution in [2.75, 3.05) is 20.3 Å². The molecule has 1 aromatic rings. The van der Waals surface area contributed by atoms with Crippen molar-refractivity contribution in [2.24, 2.45) is 11.8 Å². The zero-order valence-corrected chi connectivity index (χ0v) is 19.0. The molecular weight excluding hydrogens is 466 g/mol. The zero-order chi connectivity index (χ0) is 25.5. The van der Waals surface area contributed by atoms with E-state index >= 15 is 0 Å². The lowest BCUT2D eigenvalue weighted by atomic mass is 9.82. The van der Waals surface area contributed by atoms with Gasteiger partial charge in [-0.1, -0.05) is 6.08 Å². The number of aromatic nitrogens is 1. The summed E-state index contributed by atoms with van der Waals surface area (Å²) in [5.74, 6) is -2.56. The van der Waals surface area contributed by atoms with E-state index in [2.05, 4.69) is 11.6 Å². The highest BCUT2D eigenvalue weighted by Crippen LogP contribution is 2.37. The number of methoxy groups -OCH3 is 1. The van der Waals surface area contributed by atoms with Crippen molar-refractivity contribution < 1.29 is 53.7 Å². The molecule has 12 nitrogen and oxygen atoms in total. The van der Waals surface area contributed by atoms with Crippen LogP contribution >= 0.6 is 0 Å². The van der Waals surface area contributed by atoms with E-state index in [4.69, 9.17) is 23.7 Å². The van der Waals surface area contributed by atoms with Gasteiger partial charge in [0.1, 0.15) is 24.4 Å². The first kappa shape index (κ1) is 26.7. The monoisotopic (exact) mass is 495 g/mol. The van der Waals surface area contributed by atoms with E-state index < -0.39 is 67.4 Å². The zero-order valence-electron chi connectivity index (χ0n) is 19.0. The maximum absolute atomic E-state index is 12.4. The second kappa shape index (κ2) is 12.2. The number of hydrogen-bond acceptors (Lipinski definition) is 12. The number of pyridine rings is 1. The van der Waals surface area contributed by atoms with Gasteiger partial charge < -0.3 is 44.1 Å². The molecule has 3 heterocycles. The van der Waals surface area contributed by atoms with E-state index in [0.717, 1.165) is 6.26 Å². The summed E-state index contributed by atoms with van der Waals surface area (Å²) in [6, 6.07) is 3.16. The molecule has 35 heavy (non-hydrogen) atoms. The quantitative estimate of drug-likeness (QED) is 0.250. The van der Waals surface area contributed by atoms with E-state index in [-0.39, 0.29) is 24.2 Å². The Morgan fingerprint density at radius 3 is 2.57 bits per heavy atom. The number of nitrogens with zero attached hydrogens (tertiary/aromatic N) is 1. The van der Waals surface area contributed by atoms with Gasteiger partial charge in [0.15, 0.2) is 6.29 Å². The van der Waals surface area contributed by atoms with Crippen LogP contribution in [0.25, 0.3) is 0 Å². The summed E-state index contributed by atoms with van der Waals surface area (Å²) in [7, 11) is 1.21. The van der Waals surface area contributed by atoms with E-state index in [1.807, 2.05) is 0 Å². The number of aliphatic hydroxyl groups excluding tert-OH is 4. The molecule has 1 saturated heterocycles. The van der Waals surface area contributed by atoms with Crippen LogP contribution in [-0.4, -0.2) is 94.7 Å². The number of esters is 2.